The molecule has 2 heterocycles. The van der Waals surface area contributed by atoms with E-state index in [-0.39, 0.29) is 24.8 Å². The summed E-state index contributed by atoms with van der Waals surface area (Å²) in [6.07, 6.45) is 7.11. The van der Waals surface area contributed by atoms with Crippen molar-refractivity contribution in [2.75, 3.05) is 13.1 Å². The minimum atomic E-state index is 0. The van der Waals surface area contributed by atoms with E-state index in [0.717, 1.165) is 19.5 Å². The van der Waals surface area contributed by atoms with E-state index in [0.29, 0.717) is 0 Å². The van der Waals surface area contributed by atoms with Crippen molar-refractivity contribution >= 4 is 30.4 Å². The average molecular weight is 233 g/mol. The maximum Gasteiger partial charge on any atom is 0.0273 e. The van der Waals surface area contributed by atoms with Crippen LogP contribution in [-0.4, -0.2) is 18.1 Å². The summed E-state index contributed by atoms with van der Waals surface area (Å²) in [6.45, 7) is 2.10. The van der Waals surface area contributed by atoms with Gasteiger partial charge in [-0.15, -0.1) is 24.8 Å². The van der Waals surface area contributed by atoms with Gasteiger partial charge in [-0.1, -0.05) is 6.08 Å². The molecule has 1 aliphatic heterocycles. The first-order valence-corrected chi connectivity index (χ1v) is 4.27. The van der Waals surface area contributed by atoms with Crippen molar-refractivity contribution in [1.29, 1.82) is 0 Å². The number of halogens is 2. The fourth-order valence-electron chi connectivity index (χ4n) is 1.43. The highest BCUT2D eigenvalue weighted by atomic mass is 35.5. The summed E-state index contributed by atoms with van der Waals surface area (Å²) in [7, 11) is 0. The Kier molecular flexibility index (Phi) is 6.54. The normalized spacial score (nSPS) is 14.7. The predicted molar refractivity (Wildman–Crippen MR) is 64.2 cm³/mol. The summed E-state index contributed by atoms with van der Waals surface area (Å²) in [4.78, 5) is 3.99. The third kappa shape index (κ3) is 3.29. The minimum Gasteiger partial charge on any atom is -0.312 e. The van der Waals surface area contributed by atoms with Gasteiger partial charge < -0.3 is 5.32 Å². The molecule has 0 unspecified atom stereocenters. The second kappa shape index (κ2) is 6.82. The molecular weight excluding hydrogens is 219 g/mol. The van der Waals surface area contributed by atoms with Gasteiger partial charge in [0.1, 0.15) is 0 Å². The van der Waals surface area contributed by atoms with Crippen LogP contribution in [-0.2, 0) is 0 Å². The van der Waals surface area contributed by atoms with Crippen molar-refractivity contribution in [2.24, 2.45) is 0 Å². The Bertz CT molecular complexity index is 285. The lowest BCUT2D eigenvalue weighted by Crippen LogP contribution is -2.21. The van der Waals surface area contributed by atoms with Crippen LogP contribution in [0, 0.1) is 0 Å². The number of aromatic nitrogens is 1. The van der Waals surface area contributed by atoms with Gasteiger partial charge in [0.2, 0.25) is 0 Å². The summed E-state index contributed by atoms with van der Waals surface area (Å²) in [5.74, 6) is 0. The maximum absolute atomic E-state index is 3.99. The molecule has 0 radical (unpaired) electrons. The third-order valence-electron chi connectivity index (χ3n) is 2.08. The van der Waals surface area contributed by atoms with Crippen LogP contribution < -0.4 is 5.32 Å². The van der Waals surface area contributed by atoms with E-state index in [9.17, 15) is 0 Å². The molecule has 78 valence electrons. The molecular formula is C10H14Cl2N2. The van der Waals surface area contributed by atoms with Crippen LogP contribution in [0.4, 0.5) is 0 Å². The van der Waals surface area contributed by atoms with E-state index in [1.807, 2.05) is 12.4 Å². The van der Waals surface area contributed by atoms with Crippen LogP contribution in [0.1, 0.15) is 12.0 Å². The second-order valence-electron chi connectivity index (χ2n) is 2.93. The Hall–Kier alpha value is -0.570. The van der Waals surface area contributed by atoms with Crippen molar-refractivity contribution in [1.82, 2.24) is 10.3 Å². The van der Waals surface area contributed by atoms with Crippen molar-refractivity contribution in [3.05, 3.63) is 36.2 Å². The number of nitrogens with zero attached hydrogens (tertiary/aromatic N) is 1. The molecule has 4 heteroatoms. The van der Waals surface area contributed by atoms with Gasteiger partial charge in [0.25, 0.3) is 0 Å². The zero-order valence-corrected chi connectivity index (χ0v) is 9.40. The van der Waals surface area contributed by atoms with Gasteiger partial charge in [-0.05, 0) is 36.2 Å². The van der Waals surface area contributed by atoms with Crippen LogP contribution in [0.25, 0.3) is 5.57 Å². The molecule has 0 bridgehead atoms. The number of hydrogen-bond acceptors (Lipinski definition) is 2. The first-order valence-electron chi connectivity index (χ1n) is 4.27. The van der Waals surface area contributed by atoms with Crippen LogP contribution >= 0.6 is 24.8 Å². The largest absolute Gasteiger partial charge is 0.312 e. The minimum absolute atomic E-state index is 0. The molecule has 0 aromatic carbocycles. The lowest BCUT2D eigenvalue weighted by Gasteiger charge is -2.13. The fraction of sp³-hybridized carbons (Fsp3) is 0.300. The predicted octanol–water partition coefficient (Wildman–Crippen LogP) is 2.30. The molecule has 0 spiro atoms. The van der Waals surface area contributed by atoms with E-state index in [2.05, 4.69) is 28.5 Å². The van der Waals surface area contributed by atoms with Gasteiger partial charge in [0, 0.05) is 18.9 Å². The van der Waals surface area contributed by atoms with Crippen molar-refractivity contribution < 1.29 is 0 Å². The highest BCUT2D eigenvalue weighted by molar-refractivity contribution is 5.85. The monoisotopic (exact) mass is 232 g/mol. The Morgan fingerprint density at radius 1 is 1.14 bits per heavy atom. The summed E-state index contributed by atoms with van der Waals surface area (Å²) in [5, 5.41) is 3.34. The molecule has 1 aliphatic rings. The fourth-order valence-corrected chi connectivity index (χ4v) is 1.43. The molecule has 2 rings (SSSR count). The Balaban J connectivity index is 0.000000845. The van der Waals surface area contributed by atoms with Crippen molar-refractivity contribution in [2.45, 2.75) is 6.42 Å². The van der Waals surface area contributed by atoms with Gasteiger partial charge in [-0.3, -0.25) is 4.98 Å². The lowest BCUT2D eigenvalue weighted by atomic mass is 10.0. The molecule has 0 fully saturated rings. The molecule has 0 atom stereocenters. The summed E-state index contributed by atoms with van der Waals surface area (Å²) >= 11 is 0. The Morgan fingerprint density at radius 3 is 2.43 bits per heavy atom. The van der Waals surface area contributed by atoms with Gasteiger partial charge in [0.15, 0.2) is 0 Å². The summed E-state index contributed by atoms with van der Waals surface area (Å²) in [6, 6.07) is 4.11. The zero-order valence-electron chi connectivity index (χ0n) is 7.77. The van der Waals surface area contributed by atoms with Crippen LogP contribution in [0.2, 0.25) is 0 Å². The smallest absolute Gasteiger partial charge is 0.0273 e. The highest BCUT2D eigenvalue weighted by Crippen LogP contribution is 2.14. The first-order chi connectivity index (χ1) is 5.97. The number of pyridine rings is 1. The van der Waals surface area contributed by atoms with Crippen LogP contribution in [0.3, 0.4) is 0 Å². The molecule has 2 nitrogen and oxygen atoms in total. The maximum atomic E-state index is 3.99. The molecule has 0 amide bonds. The van der Waals surface area contributed by atoms with E-state index in [1.54, 1.807) is 0 Å². The standard InChI is InChI=1S/C10H12N2.2ClH/c1-2-10(8-12-5-1)9-3-6-11-7-4-9;;/h2-4,6-7,12H,1,5,8H2;2*1H. The molecule has 0 saturated carbocycles. The number of rotatable bonds is 1. The van der Waals surface area contributed by atoms with Gasteiger partial charge in [-0.2, -0.15) is 0 Å². The molecule has 14 heavy (non-hydrogen) atoms. The zero-order chi connectivity index (χ0) is 8.23. The van der Waals surface area contributed by atoms with Gasteiger partial charge in [-0.25, -0.2) is 0 Å². The first kappa shape index (κ1) is 13.4. The SMILES string of the molecule is C1=C(c2ccncc2)CNCC1.Cl.Cl. The van der Waals surface area contributed by atoms with E-state index in [4.69, 9.17) is 0 Å². The Labute approximate surface area is 96.6 Å². The van der Waals surface area contributed by atoms with Crippen LogP contribution in [0.15, 0.2) is 30.6 Å². The lowest BCUT2D eigenvalue weighted by molar-refractivity contribution is 0.739. The van der Waals surface area contributed by atoms with E-state index >= 15 is 0 Å². The van der Waals surface area contributed by atoms with Crippen molar-refractivity contribution in [3.8, 4) is 0 Å². The second-order valence-corrected chi connectivity index (χ2v) is 2.93. The molecule has 1 aromatic heterocycles. The Morgan fingerprint density at radius 2 is 1.86 bits per heavy atom. The average Bonchev–Trinajstić information content (AvgIpc) is 2.21. The molecule has 0 aliphatic carbocycles. The van der Waals surface area contributed by atoms with Gasteiger partial charge in [0.05, 0.1) is 0 Å². The van der Waals surface area contributed by atoms with E-state index in [1.165, 1.54) is 11.1 Å². The third-order valence-corrected chi connectivity index (χ3v) is 2.08. The number of nitrogens with one attached hydrogen (secondary N) is 1. The topological polar surface area (TPSA) is 24.9 Å². The van der Waals surface area contributed by atoms with Crippen LogP contribution in [0.5, 0.6) is 0 Å². The highest BCUT2D eigenvalue weighted by Gasteiger charge is 2.03. The van der Waals surface area contributed by atoms with Crippen molar-refractivity contribution in [3.63, 3.8) is 0 Å². The quantitative estimate of drug-likeness (QED) is 0.805. The van der Waals surface area contributed by atoms with Gasteiger partial charge >= 0.3 is 0 Å². The summed E-state index contributed by atoms with van der Waals surface area (Å²) < 4.78 is 0. The molecule has 1 N–H and O–H groups in total. The molecule has 1 aromatic rings. The van der Waals surface area contributed by atoms with E-state index < -0.39 is 0 Å². The molecule has 0 saturated heterocycles. The summed E-state index contributed by atoms with van der Waals surface area (Å²) in [5.41, 5.74) is 2.68. The number of hydrogen-bond donors (Lipinski definition) is 1.